The summed E-state index contributed by atoms with van der Waals surface area (Å²) in [6.07, 6.45) is 0. The van der Waals surface area contributed by atoms with Crippen LogP contribution in [0.2, 0.25) is 0 Å². The minimum absolute atomic E-state index is 0.546. The van der Waals surface area contributed by atoms with E-state index in [2.05, 4.69) is 37.5 Å². The summed E-state index contributed by atoms with van der Waals surface area (Å²) in [7, 11) is 0. The molecule has 1 unspecified atom stereocenters. The van der Waals surface area contributed by atoms with Gasteiger partial charge in [-0.25, -0.2) is 0 Å². The maximum atomic E-state index is 3.55. The predicted octanol–water partition coefficient (Wildman–Crippen LogP) is 3.46. The van der Waals surface area contributed by atoms with Crippen LogP contribution in [0.5, 0.6) is 0 Å². The lowest BCUT2D eigenvalue weighted by Gasteiger charge is -2.16. The largest absolute Gasteiger partial charge is 0.309 e. The second-order valence-corrected chi connectivity index (χ2v) is 5.50. The SMILES string of the molecule is CCNC(CSCC)c1sccc1C. The van der Waals surface area contributed by atoms with E-state index in [9.17, 15) is 0 Å². The highest BCUT2D eigenvalue weighted by Crippen LogP contribution is 2.26. The molecule has 0 aromatic carbocycles. The van der Waals surface area contributed by atoms with E-state index in [1.807, 2.05) is 23.1 Å². The Bertz CT molecular complexity index is 258. The molecule has 1 aromatic rings. The van der Waals surface area contributed by atoms with Crippen molar-refractivity contribution in [3.63, 3.8) is 0 Å². The Kier molecular flexibility index (Phi) is 5.60. The van der Waals surface area contributed by atoms with Crippen molar-refractivity contribution in [2.45, 2.75) is 26.8 Å². The molecule has 0 bridgehead atoms. The summed E-state index contributed by atoms with van der Waals surface area (Å²) in [5.74, 6) is 2.39. The molecule has 0 saturated carbocycles. The molecule has 0 fully saturated rings. The third-order valence-electron chi connectivity index (χ3n) is 2.16. The fourth-order valence-electron chi connectivity index (χ4n) is 1.45. The number of thiophene rings is 1. The number of hydrogen-bond acceptors (Lipinski definition) is 3. The van der Waals surface area contributed by atoms with Crippen molar-refractivity contribution in [1.29, 1.82) is 0 Å². The first-order valence-corrected chi connectivity index (χ1v) is 7.18. The molecule has 14 heavy (non-hydrogen) atoms. The average Bonchev–Trinajstić information content (AvgIpc) is 2.59. The van der Waals surface area contributed by atoms with Gasteiger partial charge in [-0.2, -0.15) is 11.8 Å². The Morgan fingerprint density at radius 1 is 1.50 bits per heavy atom. The summed E-state index contributed by atoms with van der Waals surface area (Å²) >= 11 is 3.88. The summed E-state index contributed by atoms with van der Waals surface area (Å²) in [4.78, 5) is 1.51. The molecular weight excluding hydrogens is 210 g/mol. The molecule has 1 N–H and O–H groups in total. The molecule has 3 heteroatoms. The maximum absolute atomic E-state index is 3.55. The molecular formula is C11H19NS2. The molecule has 1 aromatic heterocycles. The van der Waals surface area contributed by atoms with Gasteiger partial charge in [0, 0.05) is 10.6 Å². The Hall–Kier alpha value is 0.0100. The van der Waals surface area contributed by atoms with Crippen molar-refractivity contribution in [3.05, 3.63) is 21.9 Å². The molecule has 0 aliphatic heterocycles. The van der Waals surface area contributed by atoms with Gasteiger partial charge in [-0.1, -0.05) is 13.8 Å². The van der Waals surface area contributed by atoms with Crippen molar-refractivity contribution in [2.75, 3.05) is 18.1 Å². The third-order valence-corrected chi connectivity index (χ3v) is 4.27. The zero-order valence-electron chi connectivity index (χ0n) is 9.17. The van der Waals surface area contributed by atoms with Crippen LogP contribution in [0.15, 0.2) is 11.4 Å². The van der Waals surface area contributed by atoms with E-state index in [0.717, 1.165) is 6.54 Å². The Balaban J connectivity index is 2.62. The molecule has 0 aliphatic carbocycles. The highest BCUT2D eigenvalue weighted by Gasteiger charge is 2.13. The number of hydrogen-bond donors (Lipinski definition) is 1. The average molecular weight is 229 g/mol. The molecule has 1 rings (SSSR count). The van der Waals surface area contributed by atoms with E-state index in [4.69, 9.17) is 0 Å². The molecule has 1 atom stereocenters. The highest BCUT2D eigenvalue weighted by molar-refractivity contribution is 7.99. The van der Waals surface area contributed by atoms with Crippen molar-refractivity contribution in [3.8, 4) is 0 Å². The zero-order valence-corrected chi connectivity index (χ0v) is 10.8. The first-order valence-electron chi connectivity index (χ1n) is 5.14. The molecule has 0 spiro atoms. The zero-order chi connectivity index (χ0) is 10.4. The number of rotatable bonds is 6. The molecule has 80 valence electrons. The summed E-state index contributed by atoms with van der Waals surface area (Å²) in [6.45, 7) is 7.64. The van der Waals surface area contributed by atoms with Gasteiger partial charge < -0.3 is 5.32 Å². The van der Waals surface area contributed by atoms with Crippen molar-refractivity contribution < 1.29 is 0 Å². The lowest BCUT2D eigenvalue weighted by molar-refractivity contribution is 0.612. The summed E-state index contributed by atoms with van der Waals surface area (Å²) in [6, 6.07) is 2.76. The highest BCUT2D eigenvalue weighted by atomic mass is 32.2. The monoisotopic (exact) mass is 229 g/mol. The summed E-state index contributed by atoms with van der Waals surface area (Å²) in [5, 5.41) is 5.74. The number of nitrogens with one attached hydrogen (secondary N) is 1. The van der Waals surface area contributed by atoms with Gasteiger partial charge in [0.05, 0.1) is 6.04 Å². The van der Waals surface area contributed by atoms with E-state index in [1.165, 1.54) is 21.9 Å². The van der Waals surface area contributed by atoms with Gasteiger partial charge in [0.2, 0.25) is 0 Å². The molecule has 0 saturated heterocycles. The topological polar surface area (TPSA) is 12.0 Å². The fraction of sp³-hybridized carbons (Fsp3) is 0.636. The Labute approximate surface area is 95.3 Å². The van der Waals surface area contributed by atoms with Crippen LogP contribution in [0.1, 0.15) is 30.3 Å². The van der Waals surface area contributed by atoms with Gasteiger partial charge in [0.15, 0.2) is 0 Å². The first kappa shape index (κ1) is 12.1. The van der Waals surface area contributed by atoms with E-state index >= 15 is 0 Å². The molecule has 0 radical (unpaired) electrons. The lowest BCUT2D eigenvalue weighted by Crippen LogP contribution is -2.22. The summed E-state index contributed by atoms with van der Waals surface area (Å²) in [5.41, 5.74) is 1.43. The third kappa shape index (κ3) is 3.30. The summed E-state index contributed by atoms with van der Waals surface area (Å²) < 4.78 is 0. The van der Waals surface area contributed by atoms with Crippen LogP contribution in [0, 0.1) is 6.92 Å². The molecule has 1 heterocycles. The van der Waals surface area contributed by atoms with Crippen LogP contribution in [0.25, 0.3) is 0 Å². The van der Waals surface area contributed by atoms with E-state index in [0.29, 0.717) is 6.04 Å². The number of aryl methyl sites for hydroxylation is 1. The maximum Gasteiger partial charge on any atom is 0.0509 e. The van der Waals surface area contributed by atoms with Crippen LogP contribution < -0.4 is 5.32 Å². The number of thioether (sulfide) groups is 1. The van der Waals surface area contributed by atoms with E-state index in [-0.39, 0.29) is 0 Å². The van der Waals surface area contributed by atoms with E-state index in [1.54, 1.807) is 0 Å². The second-order valence-electron chi connectivity index (χ2n) is 3.24. The van der Waals surface area contributed by atoms with Gasteiger partial charge in [-0.15, -0.1) is 11.3 Å². The fourth-order valence-corrected chi connectivity index (χ4v) is 3.32. The quantitative estimate of drug-likeness (QED) is 0.802. The van der Waals surface area contributed by atoms with Gasteiger partial charge >= 0.3 is 0 Å². The first-order chi connectivity index (χ1) is 6.79. The van der Waals surface area contributed by atoms with Gasteiger partial charge in [-0.3, -0.25) is 0 Å². The van der Waals surface area contributed by atoms with Crippen LogP contribution >= 0.6 is 23.1 Å². The van der Waals surface area contributed by atoms with Gasteiger partial charge in [0.25, 0.3) is 0 Å². The molecule has 0 aliphatic rings. The second kappa shape index (κ2) is 6.49. The smallest absolute Gasteiger partial charge is 0.0509 e. The van der Waals surface area contributed by atoms with E-state index < -0.39 is 0 Å². The van der Waals surface area contributed by atoms with Crippen molar-refractivity contribution >= 4 is 23.1 Å². The van der Waals surface area contributed by atoms with Crippen LogP contribution in [0.4, 0.5) is 0 Å². The lowest BCUT2D eigenvalue weighted by atomic mass is 10.2. The molecule has 0 amide bonds. The van der Waals surface area contributed by atoms with Crippen molar-refractivity contribution in [1.82, 2.24) is 5.32 Å². The Morgan fingerprint density at radius 3 is 2.79 bits per heavy atom. The normalized spacial score (nSPS) is 13.1. The van der Waals surface area contributed by atoms with Crippen LogP contribution in [-0.4, -0.2) is 18.1 Å². The van der Waals surface area contributed by atoms with Gasteiger partial charge in [-0.05, 0) is 36.2 Å². The minimum atomic E-state index is 0.546. The molecule has 1 nitrogen and oxygen atoms in total. The van der Waals surface area contributed by atoms with Crippen molar-refractivity contribution in [2.24, 2.45) is 0 Å². The predicted molar refractivity (Wildman–Crippen MR) is 68.5 cm³/mol. The van der Waals surface area contributed by atoms with Crippen LogP contribution in [-0.2, 0) is 0 Å². The standard InChI is InChI=1S/C11H19NS2/c1-4-12-10(8-13-5-2)11-9(3)6-7-14-11/h6-7,10,12H,4-5,8H2,1-3H3. The Morgan fingerprint density at radius 2 is 2.29 bits per heavy atom. The van der Waals surface area contributed by atoms with Crippen LogP contribution in [0.3, 0.4) is 0 Å². The van der Waals surface area contributed by atoms with Gasteiger partial charge in [0.1, 0.15) is 0 Å². The minimum Gasteiger partial charge on any atom is -0.309 e.